The molecule has 282 valence electrons. The highest BCUT2D eigenvalue weighted by Gasteiger charge is 2.65. The van der Waals surface area contributed by atoms with Crippen LogP contribution in [0.4, 0.5) is 0 Å². The van der Waals surface area contributed by atoms with Crippen LogP contribution in [0.3, 0.4) is 0 Å². The third kappa shape index (κ3) is 7.59. The molecule has 0 heterocycles. The molecule has 8 atom stereocenters. The number of amides is 1. The van der Waals surface area contributed by atoms with Gasteiger partial charge in [0.2, 0.25) is 5.91 Å². The molecule has 3 saturated carbocycles. The van der Waals surface area contributed by atoms with Crippen LogP contribution in [0.2, 0.25) is 0 Å². The van der Waals surface area contributed by atoms with Crippen LogP contribution in [0.25, 0.3) is 0 Å². The average molecular weight is 706 g/mol. The number of nitrogens with one attached hydrogen (secondary N) is 1. The lowest BCUT2D eigenvalue weighted by molar-refractivity contribution is -0.164. The monoisotopic (exact) mass is 705 g/mol. The highest BCUT2D eigenvalue weighted by atomic mass is 16.6. The minimum atomic E-state index is -0.594. The summed E-state index contributed by atoms with van der Waals surface area (Å²) in [4.78, 5) is 52.7. The van der Waals surface area contributed by atoms with Crippen LogP contribution < -0.4 is 5.32 Å². The van der Waals surface area contributed by atoms with Crippen LogP contribution in [-0.4, -0.2) is 50.0 Å². The fraction of sp³-hybridized carbons (Fsp3) is 0.721. The van der Waals surface area contributed by atoms with Crippen molar-refractivity contribution in [2.24, 2.45) is 44.8 Å². The summed E-state index contributed by atoms with van der Waals surface area (Å²) in [5.41, 5.74) is 1.15. The van der Waals surface area contributed by atoms with Crippen LogP contribution in [0.1, 0.15) is 125 Å². The predicted molar refractivity (Wildman–Crippen MR) is 197 cm³/mol. The van der Waals surface area contributed by atoms with Crippen LogP contribution in [-0.2, 0) is 40.0 Å². The number of hydrogen-bond acceptors (Lipinski definition) is 7. The molecule has 0 aliphatic heterocycles. The Labute approximate surface area is 306 Å². The summed E-state index contributed by atoms with van der Waals surface area (Å²) in [5, 5.41) is 3.25. The number of fused-ring (bicyclic) bond motifs is 5. The van der Waals surface area contributed by atoms with E-state index in [4.69, 9.17) is 9.47 Å². The van der Waals surface area contributed by atoms with Gasteiger partial charge in [0.1, 0.15) is 19.8 Å². The van der Waals surface area contributed by atoms with Crippen molar-refractivity contribution >= 4 is 23.6 Å². The van der Waals surface area contributed by atoms with Crippen molar-refractivity contribution < 1.29 is 33.4 Å². The molecule has 0 unspecified atom stereocenters. The molecule has 1 amide bonds. The molecular formula is C43H63NO7. The van der Waals surface area contributed by atoms with Crippen LogP contribution in [0.15, 0.2) is 42.0 Å². The van der Waals surface area contributed by atoms with Crippen molar-refractivity contribution in [3.63, 3.8) is 0 Å². The molecular weight excluding hydrogens is 642 g/mol. The van der Waals surface area contributed by atoms with Gasteiger partial charge in [0, 0.05) is 12.0 Å². The molecule has 8 nitrogen and oxygen atoms in total. The molecule has 3 fully saturated rings. The van der Waals surface area contributed by atoms with Gasteiger partial charge in [0.25, 0.3) is 0 Å². The van der Waals surface area contributed by atoms with Gasteiger partial charge in [-0.2, -0.15) is 0 Å². The van der Waals surface area contributed by atoms with Crippen molar-refractivity contribution in [2.45, 2.75) is 132 Å². The zero-order valence-corrected chi connectivity index (χ0v) is 32.5. The summed E-state index contributed by atoms with van der Waals surface area (Å²) in [5.74, 6) is -0.330. The Hall–Kier alpha value is -3.00. The van der Waals surface area contributed by atoms with Crippen LogP contribution in [0, 0.1) is 44.8 Å². The third-order valence-corrected chi connectivity index (χ3v) is 14.7. The lowest BCUT2D eigenvalue weighted by Crippen LogP contribution is -2.60. The fourth-order valence-electron chi connectivity index (χ4n) is 10.5. The largest absolute Gasteiger partial charge is 0.467 e. The predicted octanol–water partition coefficient (Wildman–Crippen LogP) is 8.17. The van der Waals surface area contributed by atoms with Gasteiger partial charge in [-0.3, -0.25) is 14.4 Å². The third-order valence-electron chi connectivity index (χ3n) is 14.7. The minimum Gasteiger partial charge on any atom is -0.467 e. The van der Waals surface area contributed by atoms with E-state index in [1.165, 1.54) is 12.7 Å². The lowest BCUT2D eigenvalue weighted by Gasteiger charge is -2.65. The van der Waals surface area contributed by atoms with Crippen LogP contribution in [0.5, 0.6) is 0 Å². The number of allylic oxidation sites excluding steroid dienone is 2. The summed E-state index contributed by atoms with van der Waals surface area (Å²) >= 11 is 0. The lowest BCUT2D eigenvalue weighted by atomic mass is 9.38. The standard InChI is InChI=1S/C43H63NO7/c1-9-10-16-35(44-36(46)27-50-28-37(47)49-8)39(2,3)30-17-18-42(6)32(23-30)34(45)24-31-33-25-41(5,20-19-40(33,4)21-22-43(31,42)7)38(48)51-26-29-14-12-11-13-15-29/h11-15,24,30,32-33,35H,9-10,16-23,25-28H2,1-8H3,(H,44,46)/t30-,32+,33+,35+,40-,41+,42-,43-/m1/s1. The van der Waals surface area contributed by atoms with Crippen LogP contribution >= 0.6 is 0 Å². The number of benzene rings is 1. The first-order valence-electron chi connectivity index (χ1n) is 19.4. The number of methoxy groups -OCH3 is 1. The summed E-state index contributed by atoms with van der Waals surface area (Å²) < 4.78 is 15.9. The van der Waals surface area contributed by atoms with E-state index in [0.717, 1.165) is 69.8 Å². The van der Waals surface area contributed by atoms with Gasteiger partial charge in [-0.05, 0) is 110 Å². The van der Waals surface area contributed by atoms with Crippen molar-refractivity contribution in [1.82, 2.24) is 5.32 Å². The maximum Gasteiger partial charge on any atom is 0.331 e. The molecule has 4 aliphatic carbocycles. The summed E-state index contributed by atoms with van der Waals surface area (Å²) in [7, 11) is 1.29. The number of ketones is 1. The molecule has 4 aliphatic rings. The highest BCUT2D eigenvalue weighted by Crippen LogP contribution is 2.71. The van der Waals surface area contributed by atoms with E-state index >= 15 is 0 Å². The SMILES string of the molecule is CCCC[C@H](NC(=O)COCC(=O)OC)C(C)(C)[C@@H]1CC[C@]2(C)[C@@H](C1)C(=O)C=C1[C@@H]3C[C@@](C)(C(=O)OCc4ccccc4)CC[C@]3(C)CC[C@]12C. The van der Waals surface area contributed by atoms with E-state index in [-0.39, 0.29) is 82.9 Å². The van der Waals surface area contributed by atoms with E-state index in [1.807, 2.05) is 36.4 Å². The normalized spacial score (nSPS) is 33.8. The van der Waals surface area contributed by atoms with E-state index in [9.17, 15) is 19.2 Å². The van der Waals surface area contributed by atoms with Crippen molar-refractivity contribution in [3.8, 4) is 0 Å². The molecule has 5 rings (SSSR count). The van der Waals surface area contributed by atoms with E-state index in [1.54, 1.807) is 0 Å². The summed E-state index contributed by atoms with van der Waals surface area (Å²) in [6.07, 6.45) is 12.2. The number of carbonyl (C=O) groups excluding carboxylic acids is 4. The molecule has 0 spiro atoms. The molecule has 0 bridgehead atoms. The molecule has 8 heteroatoms. The molecule has 1 aromatic carbocycles. The first kappa shape index (κ1) is 39.2. The first-order valence-corrected chi connectivity index (χ1v) is 19.4. The molecule has 0 aromatic heterocycles. The summed E-state index contributed by atoms with van der Waals surface area (Å²) in [6.45, 7) is 15.7. The van der Waals surface area contributed by atoms with E-state index in [2.05, 4.69) is 58.5 Å². The number of carbonyl (C=O) groups is 4. The Morgan fingerprint density at radius 1 is 0.961 bits per heavy atom. The quantitative estimate of drug-likeness (QED) is 0.206. The molecule has 51 heavy (non-hydrogen) atoms. The van der Waals surface area contributed by atoms with Gasteiger partial charge in [-0.15, -0.1) is 0 Å². The van der Waals surface area contributed by atoms with Gasteiger partial charge in [-0.1, -0.05) is 90.3 Å². The molecule has 0 saturated heterocycles. The van der Waals surface area contributed by atoms with Gasteiger partial charge in [0.05, 0.1) is 12.5 Å². The Morgan fingerprint density at radius 2 is 1.67 bits per heavy atom. The zero-order valence-electron chi connectivity index (χ0n) is 32.5. The molecule has 0 radical (unpaired) electrons. The second-order valence-corrected chi connectivity index (χ2v) is 18.0. The second-order valence-electron chi connectivity index (χ2n) is 18.0. The Bertz CT molecular complexity index is 1490. The summed E-state index contributed by atoms with van der Waals surface area (Å²) in [6, 6.07) is 9.77. The maximum absolute atomic E-state index is 14.5. The Kier molecular flexibility index (Phi) is 11.7. The average Bonchev–Trinajstić information content (AvgIpc) is 3.11. The van der Waals surface area contributed by atoms with Gasteiger partial charge in [-0.25, -0.2) is 4.79 Å². The molecule has 1 aromatic rings. The highest BCUT2D eigenvalue weighted by molar-refractivity contribution is 5.95. The zero-order chi connectivity index (χ0) is 37.2. The van der Waals surface area contributed by atoms with Crippen molar-refractivity contribution in [2.75, 3.05) is 20.3 Å². The Morgan fingerprint density at radius 3 is 2.35 bits per heavy atom. The van der Waals surface area contributed by atoms with Gasteiger partial charge < -0.3 is 19.5 Å². The fourth-order valence-corrected chi connectivity index (χ4v) is 10.5. The van der Waals surface area contributed by atoms with Crippen molar-refractivity contribution in [3.05, 3.63) is 47.5 Å². The Balaban J connectivity index is 1.34. The van der Waals surface area contributed by atoms with Crippen molar-refractivity contribution in [1.29, 1.82) is 0 Å². The van der Waals surface area contributed by atoms with Gasteiger partial charge in [0.15, 0.2) is 5.78 Å². The topological polar surface area (TPSA) is 108 Å². The number of esters is 2. The molecule has 1 N–H and O–H groups in total. The number of hydrogen-bond donors (Lipinski definition) is 1. The minimum absolute atomic E-state index is 0.0541. The smallest absolute Gasteiger partial charge is 0.331 e. The van der Waals surface area contributed by atoms with Gasteiger partial charge >= 0.3 is 11.9 Å². The van der Waals surface area contributed by atoms with E-state index in [0.29, 0.717) is 6.42 Å². The number of rotatable bonds is 13. The van der Waals surface area contributed by atoms with E-state index < -0.39 is 11.4 Å². The maximum atomic E-state index is 14.5. The second kappa shape index (κ2) is 15.2. The number of unbranched alkanes of at least 4 members (excludes halogenated alkanes) is 1. The first-order chi connectivity index (χ1) is 24.0. The number of ether oxygens (including phenoxy) is 3.